The maximum atomic E-state index is 12.0. The van der Waals surface area contributed by atoms with Crippen molar-refractivity contribution in [1.29, 1.82) is 0 Å². The predicted molar refractivity (Wildman–Crippen MR) is 61.1 cm³/mol. The Morgan fingerprint density at radius 3 is 2.76 bits per heavy atom. The Morgan fingerprint density at radius 1 is 1.41 bits per heavy atom. The van der Waals surface area contributed by atoms with E-state index >= 15 is 0 Å². The van der Waals surface area contributed by atoms with Crippen LogP contribution in [0.2, 0.25) is 0 Å². The molecule has 2 bridgehead atoms. The number of aromatic carboxylic acids is 1. The fourth-order valence-electron chi connectivity index (χ4n) is 2.45. The number of piperazine rings is 1. The quantitative estimate of drug-likeness (QED) is 0.777. The number of piperidine rings is 1. The molecule has 0 aliphatic carbocycles. The molecule has 2 N–H and O–H groups in total. The SMILES string of the molecule is O=C(O)c1ccccc1N1CC2CC(N2)C1=O. The predicted octanol–water partition coefficient (Wildman–Crippen LogP) is 0.462. The van der Waals surface area contributed by atoms with E-state index in [0.717, 1.165) is 6.42 Å². The van der Waals surface area contributed by atoms with Gasteiger partial charge in [-0.15, -0.1) is 0 Å². The maximum absolute atomic E-state index is 12.0. The molecule has 5 nitrogen and oxygen atoms in total. The van der Waals surface area contributed by atoms with Crippen molar-refractivity contribution in [1.82, 2.24) is 5.32 Å². The van der Waals surface area contributed by atoms with Crippen LogP contribution >= 0.6 is 0 Å². The average Bonchev–Trinajstić information content (AvgIpc) is 2.27. The number of rotatable bonds is 2. The lowest BCUT2D eigenvalue weighted by Gasteiger charge is -2.47. The second kappa shape index (κ2) is 3.56. The van der Waals surface area contributed by atoms with Gasteiger partial charge in [0.1, 0.15) is 0 Å². The Labute approximate surface area is 98.0 Å². The van der Waals surface area contributed by atoms with Gasteiger partial charge in [0, 0.05) is 12.6 Å². The monoisotopic (exact) mass is 232 g/mol. The van der Waals surface area contributed by atoms with Gasteiger partial charge >= 0.3 is 5.97 Å². The number of nitrogens with one attached hydrogen (secondary N) is 1. The first-order chi connectivity index (χ1) is 8.16. The molecule has 3 aliphatic rings. The van der Waals surface area contributed by atoms with Crippen LogP contribution in [0.15, 0.2) is 24.3 Å². The van der Waals surface area contributed by atoms with Crippen molar-refractivity contribution >= 4 is 17.6 Å². The van der Waals surface area contributed by atoms with Crippen molar-refractivity contribution in [3.05, 3.63) is 29.8 Å². The molecule has 0 radical (unpaired) electrons. The number of anilines is 1. The van der Waals surface area contributed by atoms with Crippen molar-refractivity contribution in [3.8, 4) is 0 Å². The number of hydrogen-bond donors (Lipinski definition) is 2. The third kappa shape index (κ3) is 1.51. The van der Waals surface area contributed by atoms with Gasteiger partial charge in [0.15, 0.2) is 0 Å². The number of carbonyl (C=O) groups is 2. The molecule has 1 aromatic carbocycles. The maximum Gasteiger partial charge on any atom is 0.337 e. The first kappa shape index (κ1) is 10.3. The molecule has 2 unspecified atom stereocenters. The highest BCUT2D eigenvalue weighted by Crippen LogP contribution is 2.29. The lowest BCUT2D eigenvalue weighted by molar-refractivity contribution is -0.125. The zero-order valence-electron chi connectivity index (χ0n) is 9.09. The minimum Gasteiger partial charge on any atom is -0.478 e. The molecule has 3 saturated heterocycles. The molecule has 3 heterocycles. The number of benzene rings is 1. The summed E-state index contributed by atoms with van der Waals surface area (Å²) in [6, 6.07) is 6.81. The molecule has 4 rings (SSSR count). The summed E-state index contributed by atoms with van der Waals surface area (Å²) in [5, 5.41) is 12.2. The summed E-state index contributed by atoms with van der Waals surface area (Å²) < 4.78 is 0. The molecule has 0 saturated carbocycles. The van der Waals surface area contributed by atoms with Gasteiger partial charge in [-0.25, -0.2) is 4.79 Å². The van der Waals surface area contributed by atoms with Gasteiger partial charge in [-0.05, 0) is 18.6 Å². The van der Waals surface area contributed by atoms with E-state index in [1.807, 2.05) is 0 Å². The van der Waals surface area contributed by atoms with Crippen LogP contribution in [0.1, 0.15) is 16.8 Å². The summed E-state index contributed by atoms with van der Waals surface area (Å²) in [6.45, 7) is 0.555. The molecule has 88 valence electrons. The summed E-state index contributed by atoms with van der Waals surface area (Å²) >= 11 is 0. The molecule has 1 amide bonds. The van der Waals surface area contributed by atoms with Crippen LogP contribution in [0.4, 0.5) is 5.69 Å². The summed E-state index contributed by atoms with van der Waals surface area (Å²) in [4.78, 5) is 24.7. The first-order valence-electron chi connectivity index (χ1n) is 5.56. The Kier molecular flexibility index (Phi) is 2.16. The third-order valence-electron chi connectivity index (χ3n) is 3.35. The van der Waals surface area contributed by atoms with Crippen LogP contribution in [0.3, 0.4) is 0 Å². The number of hydrogen-bond acceptors (Lipinski definition) is 3. The van der Waals surface area contributed by atoms with E-state index in [4.69, 9.17) is 5.11 Å². The van der Waals surface area contributed by atoms with Gasteiger partial charge in [-0.1, -0.05) is 12.1 Å². The van der Waals surface area contributed by atoms with Crippen LogP contribution in [0.5, 0.6) is 0 Å². The van der Waals surface area contributed by atoms with Gasteiger partial charge in [0.2, 0.25) is 5.91 Å². The van der Waals surface area contributed by atoms with Gasteiger partial charge < -0.3 is 15.3 Å². The molecule has 17 heavy (non-hydrogen) atoms. The topological polar surface area (TPSA) is 69.6 Å². The number of nitrogens with zero attached hydrogens (tertiary/aromatic N) is 1. The summed E-state index contributed by atoms with van der Waals surface area (Å²) in [5.74, 6) is -1.03. The van der Waals surface area contributed by atoms with Crippen LogP contribution in [-0.4, -0.2) is 35.6 Å². The number of carboxylic acid groups (broad SMARTS) is 1. The highest BCUT2D eigenvalue weighted by atomic mass is 16.4. The summed E-state index contributed by atoms with van der Waals surface area (Å²) in [5.41, 5.74) is 0.684. The Balaban J connectivity index is 1.99. The van der Waals surface area contributed by atoms with E-state index in [0.29, 0.717) is 18.3 Å². The fraction of sp³-hybridized carbons (Fsp3) is 0.333. The molecular weight excluding hydrogens is 220 g/mol. The lowest BCUT2D eigenvalue weighted by atomic mass is 9.90. The van der Waals surface area contributed by atoms with Gasteiger partial charge in [-0.3, -0.25) is 4.79 Å². The minimum absolute atomic E-state index is 0.0267. The molecular formula is C12H12N2O3. The first-order valence-corrected chi connectivity index (χ1v) is 5.56. The van der Waals surface area contributed by atoms with E-state index in [1.165, 1.54) is 6.07 Å². The summed E-state index contributed by atoms with van der Waals surface area (Å²) in [6.07, 6.45) is 0.866. The van der Waals surface area contributed by atoms with Crippen molar-refractivity contribution in [2.24, 2.45) is 0 Å². The number of amides is 1. The molecule has 2 atom stereocenters. The minimum atomic E-state index is -0.999. The van der Waals surface area contributed by atoms with E-state index in [-0.39, 0.29) is 17.5 Å². The number of fused-ring (bicyclic) bond motifs is 2. The highest BCUT2D eigenvalue weighted by molar-refractivity contribution is 6.05. The molecule has 3 fully saturated rings. The normalized spacial score (nSPS) is 26.6. The smallest absolute Gasteiger partial charge is 0.337 e. The Bertz CT molecular complexity index is 494. The molecule has 1 aromatic rings. The van der Waals surface area contributed by atoms with Crippen molar-refractivity contribution in [2.75, 3.05) is 11.4 Å². The van der Waals surface area contributed by atoms with Gasteiger partial charge in [0.25, 0.3) is 0 Å². The number of para-hydroxylation sites is 1. The second-order valence-corrected chi connectivity index (χ2v) is 4.42. The van der Waals surface area contributed by atoms with Gasteiger partial charge in [-0.2, -0.15) is 0 Å². The third-order valence-corrected chi connectivity index (χ3v) is 3.35. The van der Waals surface area contributed by atoms with E-state index in [9.17, 15) is 9.59 Å². The molecule has 0 spiro atoms. The van der Waals surface area contributed by atoms with Crippen molar-refractivity contribution < 1.29 is 14.7 Å². The van der Waals surface area contributed by atoms with Crippen molar-refractivity contribution in [3.63, 3.8) is 0 Å². The average molecular weight is 232 g/mol. The highest BCUT2D eigenvalue weighted by Gasteiger charge is 2.44. The van der Waals surface area contributed by atoms with Crippen molar-refractivity contribution in [2.45, 2.75) is 18.5 Å². The largest absolute Gasteiger partial charge is 0.478 e. The van der Waals surface area contributed by atoms with Crippen LogP contribution < -0.4 is 10.2 Å². The van der Waals surface area contributed by atoms with Gasteiger partial charge in [0.05, 0.1) is 17.3 Å². The number of carbonyl (C=O) groups excluding carboxylic acids is 1. The second-order valence-electron chi connectivity index (χ2n) is 4.42. The lowest BCUT2D eigenvalue weighted by Crippen LogP contribution is -2.70. The van der Waals surface area contributed by atoms with E-state index in [2.05, 4.69) is 5.32 Å². The fourth-order valence-corrected chi connectivity index (χ4v) is 2.45. The van der Waals surface area contributed by atoms with Crippen LogP contribution in [0, 0.1) is 0 Å². The molecule has 0 aromatic heterocycles. The zero-order chi connectivity index (χ0) is 12.0. The summed E-state index contributed by atoms with van der Waals surface area (Å²) in [7, 11) is 0. The van der Waals surface area contributed by atoms with E-state index in [1.54, 1.807) is 23.1 Å². The van der Waals surface area contributed by atoms with E-state index < -0.39 is 5.97 Å². The number of carboxylic acids is 1. The standard InChI is InChI=1S/C12H12N2O3/c15-11-9-5-7(13-9)6-14(11)10-4-2-1-3-8(10)12(16)17/h1-4,7,9,13H,5-6H2,(H,16,17). The van der Waals surface area contributed by atoms with Crippen LogP contribution in [0.25, 0.3) is 0 Å². The molecule has 5 heteroatoms. The Hall–Kier alpha value is -1.88. The molecule has 3 aliphatic heterocycles. The Morgan fingerprint density at radius 2 is 2.12 bits per heavy atom. The zero-order valence-corrected chi connectivity index (χ0v) is 9.09. The van der Waals surface area contributed by atoms with Crippen LogP contribution in [-0.2, 0) is 4.79 Å².